The van der Waals surface area contributed by atoms with E-state index in [0.29, 0.717) is 12.1 Å². The molecule has 0 unspecified atom stereocenters. The molecule has 0 atom stereocenters. The zero-order chi connectivity index (χ0) is 13.3. The van der Waals surface area contributed by atoms with Gasteiger partial charge in [-0.15, -0.1) is 13.2 Å². The molecule has 1 rings (SSSR count). The fraction of sp³-hybridized carbons (Fsp3) is 0.250. The largest absolute Gasteiger partial charge is 0.573 e. The van der Waals surface area contributed by atoms with Crippen molar-refractivity contribution < 1.29 is 35.2 Å². The summed E-state index contributed by atoms with van der Waals surface area (Å²) < 4.78 is 87.5. The maximum Gasteiger partial charge on any atom is 0.573 e. The lowest BCUT2D eigenvalue weighted by Gasteiger charge is -2.15. The third-order valence-electron chi connectivity index (χ3n) is 1.71. The lowest BCUT2D eigenvalue weighted by molar-refractivity contribution is -0.274. The quantitative estimate of drug-likeness (QED) is 0.596. The minimum Gasteiger partial charge on any atom is -0.449 e. The average molecular weight is 261 g/mol. The minimum absolute atomic E-state index is 0.268. The van der Waals surface area contributed by atoms with Gasteiger partial charge in [-0.3, -0.25) is 0 Å². The topological polar surface area (TPSA) is 9.23 Å². The van der Waals surface area contributed by atoms with Gasteiger partial charge >= 0.3 is 13.3 Å². The second-order valence-corrected chi connectivity index (χ2v) is 3.22. The summed E-state index contributed by atoms with van der Waals surface area (Å²) in [6.07, 6.45) is -6.50. The number of alkyl halides is 3. The molecular formula is C8H5BF7O-. The van der Waals surface area contributed by atoms with E-state index in [-0.39, 0.29) is 6.07 Å². The van der Waals surface area contributed by atoms with Crippen LogP contribution in [-0.4, -0.2) is 13.3 Å². The van der Waals surface area contributed by atoms with Crippen molar-refractivity contribution in [1.82, 2.24) is 0 Å². The molecule has 0 spiro atoms. The molecule has 1 aromatic rings. The summed E-state index contributed by atoms with van der Waals surface area (Å²) in [7, 11) is 0. The summed E-state index contributed by atoms with van der Waals surface area (Å²) in [5, 5.41) is 0. The van der Waals surface area contributed by atoms with Crippen LogP contribution in [0, 0.1) is 5.82 Å². The van der Waals surface area contributed by atoms with Crippen LogP contribution in [0.1, 0.15) is 5.56 Å². The van der Waals surface area contributed by atoms with Crippen LogP contribution in [0.4, 0.5) is 30.5 Å². The molecular weight excluding hydrogens is 256 g/mol. The van der Waals surface area contributed by atoms with E-state index in [1.807, 2.05) is 0 Å². The Bertz CT molecular complexity index is 398. The Hall–Kier alpha value is -1.41. The maximum atomic E-state index is 13.0. The first-order valence-corrected chi connectivity index (χ1v) is 4.32. The van der Waals surface area contributed by atoms with E-state index in [4.69, 9.17) is 0 Å². The molecule has 96 valence electrons. The Morgan fingerprint density at radius 1 is 1.12 bits per heavy atom. The Morgan fingerprint density at radius 3 is 2.12 bits per heavy atom. The van der Waals surface area contributed by atoms with Crippen molar-refractivity contribution in [3.05, 3.63) is 29.6 Å². The fourth-order valence-corrected chi connectivity index (χ4v) is 1.14. The normalized spacial score (nSPS) is 12.6. The van der Waals surface area contributed by atoms with E-state index in [2.05, 4.69) is 4.74 Å². The van der Waals surface area contributed by atoms with Crippen LogP contribution in [0.3, 0.4) is 0 Å². The van der Waals surface area contributed by atoms with Crippen molar-refractivity contribution in [1.29, 1.82) is 0 Å². The summed E-state index contributed by atoms with van der Waals surface area (Å²) in [5.41, 5.74) is -0.716. The third-order valence-corrected chi connectivity index (χ3v) is 1.71. The standard InChI is InChI=1S/C8H5BF7O/c10-7-3-6(17-8(11,12)13)2-1-5(7)4-9(14,15)16/h1-3H,4H2/q-1. The van der Waals surface area contributed by atoms with Gasteiger partial charge in [-0.05, 0) is 11.6 Å². The summed E-state index contributed by atoms with van der Waals surface area (Å²) in [6, 6.07) is 1.52. The molecule has 0 radical (unpaired) electrons. The molecule has 1 nitrogen and oxygen atoms in total. The molecule has 0 heterocycles. The first kappa shape index (κ1) is 13.7. The van der Waals surface area contributed by atoms with Crippen molar-refractivity contribution in [2.45, 2.75) is 12.7 Å². The molecule has 0 aliphatic rings. The molecule has 1 aromatic carbocycles. The molecule has 0 fully saturated rings. The van der Waals surface area contributed by atoms with Crippen molar-refractivity contribution in [3.63, 3.8) is 0 Å². The monoisotopic (exact) mass is 261 g/mol. The average Bonchev–Trinajstić information content (AvgIpc) is 2.05. The van der Waals surface area contributed by atoms with Crippen molar-refractivity contribution >= 4 is 6.98 Å². The van der Waals surface area contributed by atoms with Crippen molar-refractivity contribution in [2.75, 3.05) is 0 Å². The molecule has 0 aromatic heterocycles. The molecule has 0 amide bonds. The Morgan fingerprint density at radius 2 is 1.71 bits per heavy atom. The predicted octanol–water partition coefficient (Wildman–Crippen LogP) is 3.65. The Kier molecular flexibility index (Phi) is 3.58. The zero-order valence-corrected chi connectivity index (χ0v) is 8.07. The van der Waals surface area contributed by atoms with Gasteiger partial charge < -0.3 is 17.7 Å². The van der Waals surface area contributed by atoms with E-state index in [1.165, 1.54) is 0 Å². The zero-order valence-electron chi connectivity index (χ0n) is 8.07. The van der Waals surface area contributed by atoms with Crippen LogP contribution >= 0.6 is 0 Å². The van der Waals surface area contributed by atoms with Gasteiger partial charge in [0.1, 0.15) is 11.6 Å². The van der Waals surface area contributed by atoms with Gasteiger partial charge in [0.05, 0.1) is 0 Å². The van der Waals surface area contributed by atoms with Gasteiger partial charge in [-0.2, -0.15) is 0 Å². The second kappa shape index (κ2) is 4.46. The van der Waals surface area contributed by atoms with Gasteiger partial charge in [0.15, 0.2) is 0 Å². The number of hydrogen-bond acceptors (Lipinski definition) is 1. The van der Waals surface area contributed by atoms with E-state index in [9.17, 15) is 30.5 Å². The lowest BCUT2D eigenvalue weighted by atomic mass is 9.82. The molecule has 0 aliphatic heterocycles. The Balaban J connectivity index is 2.87. The summed E-state index contributed by atoms with van der Waals surface area (Å²) in [6.45, 7) is -5.25. The minimum atomic E-state index is -5.25. The van der Waals surface area contributed by atoms with Crippen LogP contribution in [0.2, 0.25) is 0 Å². The first-order chi connectivity index (χ1) is 7.57. The highest BCUT2D eigenvalue weighted by Crippen LogP contribution is 2.26. The highest BCUT2D eigenvalue weighted by molar-refractivity contribution is 6.57. The van der Waals surface area contributed by atoms with Crippen LogP contribution in [-0.2, 0) is 6.32 Å². The van der Waals surface area contributed by atoms with E-state index in [0.717, 1.165) is 0 Å². The number of rotatable bonds is 3. The highest BCUT2D eigenvalue weighted by atomic mass is 19.4. The summed E-state index contributed by atoms with van der Waals surface area (Å²) in [5.74, 6) is -2.28. The molecule has 0 saturated heterocycles. The number of ether oxygens (including phenoxy) is 1. The summed E-state index contributed by atoms with van der Waals surface area (Å²) in [4.78, 5) is 0. The van der Waals surface area contributed by atoms with Gasteiger partial charge in [0.25, 0.3) is 0 Å². The molecule has 0 saturated carbocycles. The molecule has 9 heteroatoms. The number of halogens is 7. The molecule has 0 aliphatic carbocycles. The second-order valence-electron chi connectivity index (χ2n) is 3.22. The third kappa shape index (κ3) is 4.96. The lowest BCUT2D eigenvalue weighted by Crippen LogP contribution is -2.20. The van der Waals surface area contributed by atoms with Crippen LogP contribution in [0.25, 0.3) is 0 Å². The fourth-order valence-electron chi connectivity index (χ4n) is 1.14. The summed E-state index contributed by atoms with van der Waals surface area (Å²) >= 11 is 0. The van der Waals surface area contributed by atoms with Gasteiger partial charge in [-0.25, -0.2) is 4.39 Å². The van der Waals surface area contributed by atoms with E-state index in [1.54, 1.807) is 0 Å². The van der Waals surface area contributed by atoms with Crippen molar-refractivity contribution in [2.24, 2.45) is 0 Å². The predicted molar refractivity (Wildman–Crippen MR) is 45.9 cm³/mol. The van der Waals surface area contributed by atoms with E-state index >= 15 is 0 Å². The van der Waals surface area contributed by atoms with Gasteiger partial charge in [0, 0.05) is 6.07 Å². The van der Waals surface area contributed by atoms with Crippen LogP contribution in [0.5, 0.6) is 5.75 Å². The highest BCUT2D eigenvalue weighted by Gasteiger charge is 2.31. The Labute approximate surface area is 91.2 Å². The molecule has 0 N–H and O–H groups in total. The van der Waals surface area contributed by atoms with Crippen LogP contribution in [0.15, 0.2) is 18.2 Å². The first-order valence-electron chi connectivity index (χ1n) is 4.32. The SMILES string of the molecule is Fc1cc(OC(F)(F)F)ccc1C[B-](F)(F)F. The molecule has 0 bridgehead atoms. The van der Waals surface area contributed by atoms with Crippen LogP contribution < -0.4 is 4.74 Å². The van der Waals surface area contributed by atoms with Gasteiger partial charge in [-0.1, -0.05) is 12.4 Å². The van der Waals surface area contributed by atoms with E-state index < -0.39 is 36.8 Å². The maximum absolute atomic E-state index is 13.0. The number of benzene rings is 1. The smallest absolute Gasteiger partial charge is 0.449 e. The van der Waals surface area contributed by atoms with Crippen molar-refractivity contribution in [3.8, 4) is 5.75 Å². The van der Waals surface area contributed by atoms with Gasteiger partial charge in [0.2, 0.25) is 0 Å². The molecule has 17 heavy (non-hydrogen) atoms. The number of hydrogen-bond donors (Lipinski definition) is 0.